The highest BCUT2D eigenvalue weighted by molar-refractivity contribution is 5.68. The van der Waals surface area contributed by atoms with E-state index in [0.717, 1.165) is 25.0 Å². The van der Waals surface area contributed by atoms with E-state index in [4.69, 9.17) is 9.47 Å². The topological polar surface area (TPSA) is 96.3 Å². The fraction of sp³-hybridized carbons (Fsp3) is 0.833. The first-order valence-corrected chi connectivity index (χ1v) is 11.7. The van der Waals surface area contributed by atoms with E-state index in [1.807, 2.05) is 0 Å². The van der Waals surface area contributed by atoms with Crippen LogP contribution in [0.5, 0.6) is 0 Å². The van der Waals surface area contributed by atoms with Crippen molar-refractivity contribution in [3.05, 3.63) is 12.2 Å². The van der Waals surface area contributed by atoms with Gasteiger partial charge in [-0.15, -0.1) is 0 Å². The Hall–Kier alpha value is -1.44. The van der Waals surface area contributed by atoms with Crippen molar-refractivity contribution < 1.29 is 29.3 Å². The lowest BCUT2D eigenvalue weighted by molar-refractivity contribution is -0.287. The number of hydrogen-bond donors (Lipinski definition) is 2. The van der Waals surface area contributed by atoms with Gasteiger partial charge in [0, 0.05) is 49.2 Å². The molecule has 6 saturated carbocycles. The molecule has 3 aliphatic heterocycles. The highest BCUT2D eigenvalue weighted by Gasteiger charge is 2.95. The summed E-state index contributed by atoms with van der Waals surface area (Å²) in [4.78, 5) is 27.0. The first kappa shape index (κ1) is 19.1. The van der Waals surface area contributed by atoms with E-state index in [9.17, 15) is 19.8 Å². The predicted molar refractivity (Wildman–Crippen MR) is 107 cm³/mol. The molecule has 13 unspecified atom stereocenters. The molecular formula is C24H31NO6. The van der Waals surface area contributed by atoms with Crippen molar-refractivity contribution in [3.8, 4) is 0 Å². The minimum Gasteiger partial charge on any atom is -0.461 e. The summed E-state index contributed by atoms with van der Waals surface area (Å²) in [5.41, 5.74) is -1.18. The van der Waals surface area contributed by atoms with Crippen LogP contribution in [0.4, 0.5) is 0 Å². The van der Waals surface area contributed by atoms with Crippen molar-refractivity contribution in [2.45, 2.75) is 82.5 Å². The summed E-state index contributed by atoms with van der Waals surface area (Å²) in [5.74, 6) is -0.905. The third kappa shape index (κ3) is 1.65. The Balaban J connectivity index is 1.52. The Morgan fingerprint density at radius 3 is 2.52 bits per heavy atom. The van der Waals surface area contributed by atoms with Crippen molar-refractivity contribution in [2.24, 2.45) is 34.0 Å². The van der Waals surface area contributed by atoms with Crippen LogP contribution in [-0.2, 0) is 19.1 Å². The zero-order chi connectivity index (χ0) is 21.9. The number of fused-ring (bicyclic) bond motifs is 1. The molecule has 9 bridgehead atoms. The molecule has 7 nitrogen and oxygen atoms in total. The Kier molecular flexibility index (Phi) is 3.10. The van der Waals surface area contributed by atoms with Crippen LogP contribution in [-0.4, -0.2) is 69.6 Å². The third-order valence-corrected chi connectivity index (χ3v) is 10.8. The average molecular weight is 430 g/mol. The van der Waals surface area contributed by atoms with E-state index in [-0.39, 0.29) is 28.8 Å². The lowest BCUT2D eigenvalue weighted by Gasteiger charge is -2.68. The van der Waals surface area contributed by atoms with Crippen LogP contribution >= 0.6 is 0 Å². The van der Waals surface area contributed by atoms with E-state index in [0.29, 0.717) is 24.8 Å². The normalized spacial score (nSPS) is 63.5. The molecule has 7 heteroatoms. The maximum absolute atomic E-state index is 12.7. The van der Waals surface area contributed by atoms with Gasteiger partial charge < -0.3 is 19.7 Å². The number of piperidine rings is 2. The van der Waals surface area contributed by atoms with Gasteiger partial charge in [-0.2, -0.15) is 0 Å². The fourth-order valence-corrected chi connectivity index (χ4v) is 11.3. The van der Waals surface area contributed by atoms with Crippen LogP contribution in [0.25, 0.3) is 0 Å². The quantitative estimate of drug-likeness (QED) is 0.500. The van der Waals surface area contributed by atoms with Gasteiger partial charge >= 0.3 is 11.9 Å². The van der Waals surface area contributed by atoms with Gasteiger partial charge in [0.2, 0.25) is 0 Å². The zero-order valence-corrected chi connectivity index (χ0v) is 18.3. The lowest BCUT2D eigenvalue weighted by atomic mass is 9.39. The van der Waals surface area contributed by atoms with E-state index in [2.05, 4.69) is 18.4 Å². The summed E-state index contributed by atoms with van der Waals surface area (Å²) >= 11 is 0. The van der Waals surface area contributed by atoms with Gasteiger partial charge in [0.25, 0.3) is 0 Å². The van der Waals surface area contributed by atoms with Crippen molar-refractivity contribution >= 4 is 11.9 Å². The van der Waals surface area contributed by atoms with Gasteiger partial charge in [-0.05, 0) is 37.0 Å². The Labute approximate surface area is 181 Å². The van der Waals surface area contributed by atoms with Crippen LogP contribution in [0, 0.1) is 34.0 Å². The number of rotatable bonds is 2. The van der Waals surface area contributed by atoms with E-state index >= 15 is 0 Å². The first-order chi connectivity index (χ1) is 14.5. The molecule has 0 aromatic rings. The highest BCUT2D eigenvalue weighted by Crippen LogP contribution is 2.88. The number of nitrogens with zero attached hydrogens (tertiary/aromatic N) is 1. The molecule has 168 valence electrons. The fourth-order valence-electron chi connectivity index (χ4n) is 11.3. The van der Waals surface area contributed by atoms with Crippen molar-refractivity contribution in [3.63, 3.8) is 0 Å². The molecule has 3 saturated heterocycles. The largest absolute Gasteiger partial charge is 0.461 e. The van der Waals surface area contributed by atoms with Gasteiger partial charge in [-0.3, -0.25) is 14.5 Å². The Morgan fingerprint density at radius 2 is 1.84 bits per heavy atom. The molecule has 3 heterocycles. The molecule has 0 aromatic carbocycles. The molecular weight excluding hydrogens is 398 g/mol. The maximum atomic E-state index is 12.7. The number of hydrogen-bond acceptors (Lipinski definition) is 7. The molecule has 0 aromatic heterocycles. The van der Waals surface area contributed by atoms with Crippen LogP contribution in [0.1, 0.15) is 46.5 Å². The monoisotopic (exact) mass is 429 g/mol. The highest BCUT2D eigenvalue weighted by atomic mass is 16.6. The second-order valence-electron chi connectivity index (χ2n) is 12.1. The van der Waals surface area contributed by atoms with Crippen molar-refractivity contribution in [2.75, 3.05) is 6.54 Å². The molecule has 0 radical (unpaired) electrons. The number of carbonyl (C=O) groups excluding carboxylic acids is 2. The van der Waals surface area contributed by atoms with E-state index in [1.54, 1.807) is 0 Å². The maximum Gasteiger partial charge on any atom is 0.303 e. The molecule has 13 atom stereocenters. The molecule has 6 aliphatic carbocycles. The number of aliphatic hydroxyl groups is 2. The molecule has 9 rings (SSSR count). The first-order valence-electron chi connectivity index (χ1n) is 11.7. The van der Waals surface area contributed by atoms with Crippen LogP contribution in [0.2, 0.25) is 0 Å². The van der Waals surface area contributed by atoms with E-state index < -0.39 is 41.2 Å². The Morgan fingerprint density at radius 1 is 1.13 bits per heavy atom. The van der Waals surface area contributed by atoms with Crippen LogP contribution < -0.4 is 0 Å². The summed E-state index contributed by atoms with van der Waals surface area (Å²) in [6, 6.07) is 0.176. The van der Waals surface area contributed by atoms with E-state index in [1.165, 1.54) is 13.8 Å². The number of aliphatic hydroxyl groups excluding tert-OH is 1. The van der Waals surface area contributed by atoms with Crippen molar-refractivity contribution in [1.29, 1.82) is 0 Å². The summed E-state index contributed by atoms with van der Waals surface area (Å²) in [5, 5.41) is 23.7. The number of carbonyl (C=O) groups is 2. The summed E-state index contributed by atoms with van der Waals surface area (Å²) in [6.07, 6.45) is 1.18. The summed E-state index contributed by atoms with van der Waals surface area (Å²) < 4.78 is 11.9. The molecule has 31 heavy (non-hydrogen) atoms. The SMILES string of the molecule is C=C1CC23CC4C5C6(C)CC(O)CC57C2C(OC(C)=O)C1C(OC(C)=O)C3(O)C7N4C6. The van der Waals surface area contributed by atoms with Gasteiger partial charge in [0.05, 0.1) is 12.0 Å². The molecule has 2 N–H and O–H groups in total. The zero-order valence-electron chi connectivity index (χ0n) is 18.3. The smallest absolute Gasteiger partial charge is 0.303 e. The standard InChI is InChI=1S/C24H31NO6/c1-10-5-22-8-14-17-21(4)6-13(28)7-23(17)18(22)16(30-11(2)26)15(10)19(31-12(3)27)24(22,29)20(23)25(14)9-21/h13-20,28-29H,1,5-9H2,2-4H3. The molecule has 9 aliphatic rings. The number of esters is 2. The van der Waals surface area contributed by atoms with Crippen LogP contribution in [0.15, 0.2) is 12.2 Å². The number of ether oxygens (including phenoxy) is 2. The van der Waals surface area contributed by atoms with Gasteiger partial charge in [0.15, 0.2) is 0 Å². The second kappa shape index (κ2) is 5.05. The van der Waals surface area contributed by atoms with Crippen LogP contribution in [0.3, 0.4) is 0 Å². The van der Waals surface area contributed by atoms with Gasteiger partial charge in [-0.1, -0.05) is 19.1 Å². The lowest BCUT2D eigenvalue weighted by Crippen LogP contribution is -2.77. The summed E-state index contributed by atoms with van der Waals surface area (Å²) in [6.45, 7) is 10.3. The molecule has 2 spiro atoms. The molecule has 9 fully saturated rings. The van der Waals surface area contributed by atoms with Gasteiger partial charge in [-0.25, -0.2) is 0 Å². The van der Waals surface area contributed by atoms with Gasteiger partial charge in [0.1, 0.15) is 17.8 Å². The average Bonchev–Trinajstić information content (AvgIpc) is 3.03. The second-order valence-corrected chi connectivity index (χ2v) is 12.1. The molecule has 0 amide bonds. The minimum atomic E-state index is -1.21. The minimum absolute atomic E-state index is 0.0117. The predicted octanol–water partition coefficient (Wildman–Crippen LogP) is 1.02. The Bertz CT molecular complexity index is 966. The third-order valence-electron chi connectivity index (χ3n) is 10.8. The summed E-state index contributed by atoms with van der Waals surface area (Å²) in [7, 11) is 0. The van der Waals surface area contributed by atoms with Crippen molar-refractivity contribution in [1.82, 2.24) is 4.90 Å².